The van der Waals surface area contributed by atoms with Gasteiger partial charge in [0, 0.05) is 26.4 Å². The summed E-state index contributed by atoms with van der Waals surface area (Å²) in [5.74, 6) is 0. The molecule has 0 bridgehead atoms. The van der Waals surface area contributed by atoms with Crippen molar-refractivity contribution in [3.63, 3.8) is 0 Å². The molecule has 0 aromatic heterocycles. The van der Waals surface area contributed by atoms with E-state index in [4.69, 9.17) is 33.2 Å². The van der Waals surface area contributed by atoms with Crippen LogP contribution >= 0.6 is 0 Å². The molecule has 0 fully saturated rings. The van der Waals surface area contributed by atoms with E-state index in [-0.39, 0.29) is 12.6 Å². The standard InChI is InChI=1S/C44H86O7/c1-7-13-15-17-19-21-27-33-39-49-43(37-31-25-23-29-35-41(45-9-3)46-10-4)51-44(50-40-34-28-22-20-18-16-14-8-2)38-32-26-24-30-36-42(47-11-5)48-12-6/h31-32,37-38,41-44H,7-30,33-36,39-40H2,1-6H3. The lowest BCUT2D eigenvalue weighted by molar-refractivity contribution is -0.208. The fraction of sp³-hybridized carbons (Fsp3) is 0.909. The van der Waals surface area contributed by atoms with E-state index in [0.717, 1.165) is 64.2 Å². The number of rotatable bonds is 42. The van der Waals surface area contributed by atoms with Gasteiger partial charge in [-0.05, 0) is 104 Å². The van der Waals surface area contributed by atoms with Crippen LogP contribution in [0.25, 0.3) is 0 Å². The Kier molecular flexibility index (Phi) is 41.3. The molecule has 2 unspecified atom stereocenters. The molecule has 0 aliphatic rings. The Labute approximate surface area is 317 Å². The molecule has 7 nitrogen and oxygen atoms in total. The van der Waals surface area contributed by atoms with E-state index in [1.165, 1.54) is 89.9 Å². The second-order valence-corrected chi connectivity index (χ2v) is 13.7. The summed E-state index contributed by atoms with van der Waals surface area (Å²) in [7, 11) is 0. The second-order valence-electron chi connectivity index (χ2n) is 13.7. The summed E-state index contributed by atoms with van der Waals surface area (Å²) in [6, 6.07) is 0. The maximum absolute atomic E-state index is 6.51. The van der Waals surface area contributed by atoms with Gasteiger partial charge in [0.1, 0.15) is 0 Å². The van der Waals surface area contributed by atoms with Crippen LogP contribution in [-0.4, -0.2) is 64.8 Å². The summed E-state index contributed by atoms with van der Waals surface area (Å²) in [5.41, 5.74) is 0. The van der Waals surface area contributed by atoms with E-state index < -0.39 is 12.6 Å². The molecule has 51 heavy (non-hydrogen) atoms. The first-order chi connectivity index (χ1) is 25.1. The van der Waals surface area contributed by atoms with Crippen molar-refractivity contribution in [2.75, 3.05) is 39.6 Å². The second kappa shape index (κ2) is 41.9. The molecule has 7 heteroatoms. The molecule has 0 rings (SSSR count). The van der Waals surface area contributed by atoms with Gasteiger partial charge < -0.3 is 33.2 Å². The zero-order valence-corrected chi connectivity index (χ0v) is 34.7. The Balaban J connectivity index is 5.17. The predicted molar refractivity (Wildman–Crippen MR) is 215 cm³/mol. The van der Waals surface area contributed by atoms with Crippen LogP contribution in [0.2, 0.25) is 0 Å². The number of ether oxygens (including phenoxy) is 7. The minimum atomic E-state index is -0.430. The SMILES string of the molecule is CCCCCCCCCCOC(C=CCCCCC(OCC)OCC)OC(C=CCCCCC(OCC)OCC)OCCCCCCCCCC. The molecule has 0 aromatic carbocycles. The quantitative estimate of drug-likeness (QED) is 0.0352. The molecule has 0 aliphatic heterocycles. The first-order valence-electron chi connectivity index (χ1n) is 21.8. The van der Waals surface area contributed by atoms with Crippen molar-refractivity contribution in [3.05, 3.63) is 24.3 Å². The minimum Gasteiger partial charge on any atom is -0.353 e. The predicted octanol–water partition coefficient (Wildman–Crippen LogP) is 13.0. The Morgan fingerprint density at radius 1 is 0.353 bits per heavy atom. The van der Waals surface area contributed by atoms with E-state index in [2.05, 4.69) is 38.2 Å². The summed E-state index contributed by atoms with van der Waals surface area (Å²) in [4.78, 5) is 0. The third-order valence-corrected chi connectivity index (χ3v) is 8.95. The molecule has 2 atom stereocenters. The van der Waals surface area contributed by atoms with Crippen LogP contribution in [0, 0.1) is 0 Å². The van der Waals surface area contributed by atoms with Crippen molar-refractivity contribution < 1.29 is 33.2 Å². The van der Waals surface area contributed by atoms with E-state index >= 15 is 0 Å². The highest BCUT2D eigenvalue weighted by molar-refractivity contribution is 4.90. The van der Waals surface area contributed by atoms with Gasteiger partial charge in [0.05, 0.1) is 13.2 Å². The van der Waals surface area contributed by atoms with Crippen LogP contribution in [0.1, 0.15) is 196 Å². The first kappa shape index (κ1) is 50.2. The number of hydrogen-bond donors (Lipinski definition) is 0. The number of allylic oxidation sites excluding steroid dienone is 2. The van der Waals surface area contributed by atoms with Gasteiger partial charge in [0.15, 0.2) is 25.2 Å². The van der Waals surface area contributed by atoms with Crippen LogP contribution in [0.4, 0.5) is 0 Å². The highest BCUT2D eigenvalue weighted by Crippen LogP contribution is 2.15. The van der Waals surface area contributed by atoms with Gasteiger partial charge in [0.25, 0.3) is 0 Å². The average Bonchev–Trinajstić information content (AvgIpc) is 3.12. The van der Waals surface area contributed by atoms with Crippen molar-refractivity contribution in [3.8, 4) is 0 Å². The van der Waals surface area contributed by atoms with E-state index in [1.807, 2.05) is 27.7 Å². The van der Waals surface area contributed by atoms with Crippen molar-refractivity contribution in [2.24, 2.45) is 0 Å². The summed E-state index contributed by atoms with van der Waals surface area (Å²) in [5, 5.41) is 0. The van der Waals surface area contributed by atoms with Crippen molar-refractivity contribution in [1.82, 2.24) is 0 Å². The Bertz CT molecular complexity index is 646. The molecular formula is C44H86O7. The van der Waals surface area contributed by atoms with Gasteiger partial charge in [-0.3, -0.25) is 0 Å². The molecule has 0 heterocycles. The Hall–Kier alpha value is -0.800. The maximum atomic E-state index is 6.51. The Morgan fingerprint density at radius 2 is 0.686 bits per heavy atom. The molecule has 304 valence electrons. The maximum Gasteiger partial charge on any atom is 0.180 e. The highest BCUT2D eigenvalue weighted by Gasteiger charge is 2.14. The van der Waals surface area contributed by atoms with Gasteiger partial charge in [-0.1, -0.05) is 116 Å². The molecular weight excluding hydrogens is 640 g/mol. The third kappa shape index (κ3) is 36.0. The molecule has 0 radical (unpaired) electrons. The summed E-state index contributed by atoms with van der Waals surface area (Å²) < 4.78 is 42.1. The smallest absolute Gasteiger partial charge is 0.180 e. The van der Waals surface area contributed by atoms with Crippen LogP contribution in [-0.2, 0) is 33.2 Å². The fourth-order valence-electron chi connectivity index (χ4n) is 6.02. The zero-order chi connectivity index (χ0) is 37.3. The summed E-state index contributed by atoms with van der Waals surface area (Å²) in [6.45, 7) is 16.7. The Morgan fingerprint density at radius 3 is 1.02 bits per heavy atom. The fourth-order valence-corrected chi connectivity index (χ4v) is 6.02. The normalized spacial score (nSPS) is 13.5. The van der Waals surface area contributed by atoms with Crippen molar-refractivity contribution >= 4 is 0 Å². The molecule has 0 N–H and O–H groups in total. The van der Waals surface area contributed by atoms with Crippen LogP contribution < -0.4 is 0 Å². The average molecular weight is 727 g/mol. The topological polar surface area (TPSA) is 64.6 Å². The van der Waals surface area contributed by atoms with E-state index in [1.54, 1.807) is 0 Å². The lowest BCUT2D eigenvalue weighted by atomic mass is 10.1. The van der Waals surface area contributed by atoms with Crippen LogP contribution in [0.3, 0.4) is 0 Å². The van der Waals surface area contributed by atoms with Gasteiger partial charge in [-0.15, -0.1) is 0 Å². The monoisotopic (exact) mass is 727 g/mol. The highest BCUT2D eigenvalue weighted by atomic mass is 16.8. The summed E-state index contributed by atoms with van der Waals surface area (Å²) >= 11 is 0. The van der Waals surface area contributed by atoms with E-state index in [0.29, 0.717) is 39.6 Å². The summed E-state index contributed by atoms with van der Waals surface area (Å²) in [6.07, 6.45) is 36.0. The van der Waals surface area contributed by atoms with Gasteiger partial charge in [-0.25, -0.2) is 0 Å². The largest absolute Gasteiger partial charge is 0.353 e. The molecule has 0 aliphatic carbocycles. The number of unbranched alkanes of at least 4 members (excludes halogenated alkanes) is 18. The van der Waals surface area contributed by atoms with Crippen molar-refractivity contribution in [1.29, 1.82) is 0 Å². The molecule has 0 saturated heterocycles. The zero-order valence-electron chi connectivity index (χ0n) is 34.7. The molecule has 0 amide bonds. The molecule has 0 spiro atoms. The van der Waals surface area contributed by atoms with Crippen LogP contribution in [0.5, 0.6) is 0 Å². The molecule has 0 saturated carbocycles. The minimum absolute atomic E-state index is 0.100. The van der Waals surface area contributed by atoms with Crippen LogP contribution in [0.15, 0.2) is 24.3 Å². The number of hydrogen-bond acceptors (Lipinski definition) is 7. The van der Waals surface area contributed by atoms with Gasteiger partial charge in [-0.2, -0.15) is 0 Å². The lowest BCUT2D eigenvalue weighted by Crippen LogP contribution is -2.25. The molecule has 0 aromatic rings. The van der Waals surface area contributed by atoms with Crippen molar-refractivity contribution in [2.45, 2.75) is 221 Å². The lowest BCUT2D eigenvalue weighted by Gasteiger charge is -2.22. The third-order valence-electron chi connectivity index (χ3n) is 8.95. The first-order valence-corrected chi connectivity index (χ1v) is 21.8. The van der Waals surface area contributed by atoms with Gasteiger partial charge >= 0.3 is 0 Å². The van der Waals surface area contributed by atoms with Gasteiger partial charge in [0.2, 0.25) is 0 Å². The van der Waals surface area contributed by atoms with E-state index in [9.17, 15) is 0 Å².